The Morgan fingerprint density at radius 2 is 1.80 bits per heavy atom. The van der Waals surface area contributed by atoms with E-state index in [1.165, 1.54) is 6.07 Å². The molecule has 0 bridgehead atoms. The number of hydrogen-bond acceptors (Lipinski definition) is 5. The molecule has 2 aromatic carbocycles. The fourth-order valence-corrected chi connectivity index (χ4v) is 4.05. The van der Waals surface area contributed by atoms with Crippen LogP contribution < -0.4 is 4.90 Å². The highest BCUT2D eigenvalue weighted by Gasteiger charge is 2.27. The fraction of sp³-hybridized carbons (Fsp3) is 0.273. The monoisotopic (exact) mass is 424 g/mol. The molecule has 8 heteroatoms. The molecule has 0 radical (unpaired) electrons. The third kappa shape index (κ3) is 3.80. The summed E-state index contributed by atoms with van der Waals surface area (Å²) in [6.07, 6.45) is 0. The zero-order valence-electron chi connectivity index (χ0n) is 16.8. The van der Waals surface area contributed by atoms with Crippen LogP contribution in [0.2, 0.25) is 5.02 Å². The molecule has 0 spiro atoms. The van der Waals surface area contributed by atoms with Gasteiger partial charge in [0.1, 0.15) is 5.69 Å². The molecular weight excluding hydrogens is 404 g/mol. The molecular formula is C22H21ClN4O3. The van der Waals surface area contributed by atoms with E-state index in [0.717, 1.165) is 22.2 Å². The maximum atomic E-state index is 13.3. The third-order valence-corrected chi connectivity index (χ3v) is 5.60. The van der Waals surface area contributed by atoms with E-state index in [1.807, 2.05) is 43.0 Å². The number of rotatable bonds is 3. The SMILES string of the molecule is Cc1ccc2nc(C)cc(C(=O)N3CCN(c4ccc(Cl)cc4[N+](=O)[O-])CC3)c2c1. The summed E-state index contributed by atoms with van der Waals surface area (Å²) >= 11 is 5.92. The van der Waals surface area contributed by atoms with Crippen molar-refractivity contribution < 1.29 is 9.72 Å². The fourth-order valence-electron chi connectivity index (χ4n) is 3.88. The number of carbonyl (C=O) groups is 1. The van der Waals surface area contributed by atoms with Gasteiger partial charge in [-0.05, 0) is 44.2 Å². The van der Waals surface area contributed by atoms with Crippen LogP contribution in [0.4, 0.5) is 11.4 Å². The van der Waals surface area contributed by atoms with E-state index in [-0.39, 0.29) is 11.6 Å². The largest absolute Gasteiger partial charge is 0.362 e. The summed E-state index contributed by atoms with van der Waals surface area (Å²) in [5, 5.41) is 12.6. The Bertz CT molecular complexity index is 1160. The van der Waals surface area contributed by atoms with Crippen LogP contribution >= 0.6 is 11.6 Å². The quantitative estimate of drug-likeness (QED) is 0.460. The smallest absolute Gasteiger partial charge is 0.294 e. The topological polar surface area (TPSA) is 79.6 Å². The molecule has 0 unspecified atom stereocenters. The Morgan fingerprint density at radius 3 is 2.50 bits per heavy atom. The van der Waals surface area contributed by atoms with Crippen LogP contribution in [0.1, 0.15) is 21.6 Å². The number of fused-ring (bicyclic) bond motifs is 1. The van der Waals surface area contributed by atoms with Crippen LogP contribution in [0.25, 0.3) is 10.9 Å². The number of carbonyl (C=O) groups excluding carboxylic acids is 1. The second-order valence-corrected chi connectivity index (χ2v) is 7.94. The minimum absolute atomic E-state index is 0.0199. The summed E-state index contributed by atoms with van der Waals surface area (Å²) < 4.78 is 0. The molecule has 1 aliphatic rings. The average Bonchev–Trinajstić information content (AvgIpc) is 2.73. The molecule has 1 aliphatic heterocycles. The van der Waals surface area contributed by atoms with E-state index in [9.17, 15) is 14.9 Å². The predicted octanol–water partition coefficient (Wildman–Crippen LogP) is 4.38. The van der Waals surface area contributed by atoms with Crippen molar-refractivity contribution in [2.75, 3.05) is 31.1 Å². The molecule has 1 fully saturated rings. The molecule has 4 rings (SSSR count). The average molecular weight is 425 g/mol. The lowest BCUT2D eigenvalue weighted by Crippen LogP contribution is -2.49. The number of pyridine rings is 1. The molecule has 7 nitrogen and oxygen atoms in total. The summed E-state index contributed by atoms with van der Waals surface area (Å²) in [4.78, 5) is 32.5. The standard InChI is InChI=1S/C22H21ClN4O3/c1-14-3-5-19-17(11-14)18(12-15(2)24-19)22(28)26-9-7-25(8-10-26)20-6-4-16(23)13-21(20)27(29)30/h3-6,11-13H,7-10H2,1-2H3. The van der Waals surface area contributed by atoms with Crippen LogP contribution in [0.15, 0.2) is 42.5 Å². The van der Waals surface area contributed by atoms with Gasteiger partial charge in [-0.15, -0.1) is 0 Å². The number of nitro benzene ring substituents is 1. The number of nitro groups is 1. The Hall–Kier alpha value is -3.19. The van der Waals surface area contributed by atoms with E-state index in [4.69, 9.17) is 11.6 Å². The van der Waals surface area contributed by atoms with Gasteiger partial charge >= 0.3 is 0 Å². The summed E-state index contributed by atoms with van der Waals surface area (Å²) in [6, 6.07) is 12.4. The highest BCUT2D eigenvalue weighted by atomic mass is 35.5. The summed E-state index contributed by atoms with van der Waals surface area (Å²) in [5.74, 6) is -0.0404. The second kappa shape index (κ2) is 7.91. The van der Waals surface area contributed by atoms with E-state index in [1.54, 1.807) is 17.0 Å². The number of aryl methyl sites for hydroxylation is 2. The van der Waals surface area contributed by atoms with Crippen molar-refractivity contribution in [2.24, 2.45) is 0 Å². The molecule has 0 saturated carbocycles. The van der Waals surface area contributed by atoms with Gasteiger partial charge in [0.2, 0.25) is 0 Å². The summed E-state index contributed by atoms with van der Waals surface area (Å²) in [5.41, 5.74) is 3.82. The molecule has 1 aromatic heterocycles. The minimum Gasteiger partial charge on any atom is -0.362 e. The number of benzene rings is 2. The molecule has 0 aliphatic carbocycles. The minimum atomic E-state index is -0.424. The second-order valence-electron chi connectivity index (χ2n) is 7.50. The molecule has 1 saturated heterocycles. The lowest BCUT2D eigenvalue weighted by atomic mass is 10.0. The molecule has 3 aromatic rings. The lowest BCUT2D eigenvalue weighted by molar-refractivity contribution is -0.384. The zero-order valence-corrected chi connectivity index (χ0v) is 17.5. The third-order valence-electron chi connectivity index (χ3n) is 5.36. The molecule has 2 heterocycles. The summed E-state index contributed by atoms with van der Waals surface area (Å²) in [6.45, 7) is 5.85. The van der Waals surface area contributed by atoms with Crippen LogP contribution in [-0.4, -0.2) is 46.9 Å². The van der Waals surface area contributed by atoms with E-state index >= 15 is 0 Å². The highest BCUT2D eigenvalue weighted by molar-refractivity contribution is 6.30. The van der Waals surface area contributed by atoms with Crippen LogP contribution in [0, 0.1) is 24.0 Å². The van der Waals surface area contributed by atoms with Crippen molar-refractivity contribution in [1.82, 2.24) is 9.88 Å². The number of hydrogen-bond donors (Lipinski definition) is 0. The highest BCUT2D eigenvalue weighted by Crippen LogP contribution is 2.32. The van der Waals surface area contributed by atoms with Gasteiger partial charge in [-0.2, -0.15) is 0 Å². The molecule has 30 heavy (non-hydrogen) atoms. The first kappa shape index (κ1) is 20.1. The Labute approximate surface area is 179 Å². The summed E-state index contributed by atoms with van der Waals surface area (Å²) in [7, 11) is 0. The maximum Gasteiger partial charge on any atom is 0.294 e. The van der Waals surface area contributed by atoms with Crippen LogP contribution in [0.5, 0.6) is 0 Å². The van der Waals surface area contributed by atoms with Crippen LogP contribution in [-0.2, 0) is 0 Å². The molecule has 0 N–H and O–H groups in total. The van der Waals surface area contributed by atoms with Gasteiger partial charge in [-0.1, -0.05) is 23.2 Å². The first-order valence-electron chi connectivity index (χ1n) is 9.69. The lowest BCUT2D eigenvalue weighted by Gasteiger charge is -2.36. The predicted molar refractivity (Wildman–Crippen MR) is 117 cm³/mol. The maximum absolute atomic E-state index is 13.3. The van der Waals surface area contributed by atoms with Gasteiger partial charge in [0.25, 0.3) is 11.6 Å². The van der Waals surface area contributed by atoms with Crippen molar-refractivity contribution in [3.63, 3.8) is 0 Å². The number of anilines is 1. The van der Waals surface area contributed by atoms with Gasteiger partial charge in [-0.3, -0.25) is 19.9 Å². The van der Waals surface area contributed by atoms with E-state index in [0.29, 0.717) is 42.5 Å². The number of nitrogens with zero attached hydrogens (tertiary/aromatic N) is 4. The van der Waals surface area contributed by atoms with E-state index in [2.05, 4.69) is 4.98 Å². The Balaban J connectivity index is 1.57. The van der Waals surface area contributed by atoms with Crippen molar-refractivity contribution in [3.05, 3.63) is 74.4 Å². The van der Waals surface area contributed by atoms with Gasteiger partial charge < -0.3 is 9.80 Å². The van der Waals surface area contributed by atoms with Gasteiger partial charge in [0.15, 0.2) is 0 Å². The van der Waals surface area contributed by atoms with Gasteiger partial charge in [0, 0.05) is 48.3 Å². The van der Waals surface area contributed by atoms with Crippen molar-refractivity contribution in [3.8, 4) is 0 Å². The zero-order chi connectivity index (χ0) is 21.4. The van der Waals surface area contributed by atoms with Gasteiger partial charge in [0.05, 0.1) is 16.0 Å². The van der Waals surface area contributed by atoms with E-state index < -0.39 is 4.92 Å². The first-order chi connectivity index (χ1) is 14.3. The molecule has 0 atom stereocenters. The number of amides is 1. The van der Waals surface area contributed by atoms with Crippen molar-refractivity contribution >= 4 is 39.8 Å². The Morgan fingerprint density at radius 1 is 1.07 bits per heavy atom. The van der Waals surface area contributed by atoms with Crippen LogP contribution in [0.3, 0.4) is 0 Å². The van der Waals surface area contributed by atoms with Gasteiger partial charge in [-0.25, -0.2) is 0 Å². The first-order valence-corrected chi connectivity index (χ1v) is 10.1. The normalized spacial score (nSPS) is 14.2. The Kier molecular flexibility index (Phi) is 5.30. The van der Waals surface area contributed by atoms with Crippen molar-refractivity contribution in [1.29, 1.82) is 0 Å². The number of halogens is 1. The number of piperazine rings is 1. The molecule has 1 amide bonds. The van der Waals surface area contributed by atoms with Crippen molar-refractivity contribution in [2.45, 2.75) is 13.8 Å². The number of aromatic nitrogens is 1. The molecule has 154 valence electrons.